The lowest BCUT2D eigenvalue weighted by Gasteiger charge is -2.09. The number of benzene rings is 8. The minimum Gasteiger partial charge on any atom is -0.309 e. The Kier molecular flexibility index (Phi) is 4.94. The molecule has 0 aliphatic carbocycles. The van der Waals surface area contributed by atoms with E-state index >= 15 is 0 Å². The second kappa shape index (κ2) is 9.43. The zero-order chi connectivity index (χ0) is 32.5. The van der Waals surface area contributed by atoms with E-state index in [1.54, 1.807) is 0 Å². The van der Waals surface area contributed by atoms with Crippen LogP contribution in [0.4, 0.5) is 0 Å². The van der Waals surface area contributed by atoms with E-state index in [0.29, 0.717) is 0 Å². The van der Waals surface area contributed by atoms with Crippen LogP contribution in [0.1, 0.15) is 0 Å². The molecular formula is C46H26N4. The first-order valence-electron chi connectivity index (χ1n) is 17.1. The highest BCUT2D eigenvalue weighted by molar-refractivity contribution is 6.31. The van der Waals surface area contributed by atoms with Crippen LogP contribution in [-0.4, -0.2) is 18.9 Å². The van der Waals surface area contributed by atoms with Crippen molar-refractivity contribution in [3.05, 3.63) is 158 Å². The van der Waals surface area contributed by atoms with Gasteiger partial charge in [0.1, 0.15) is 5.52 Å². The largest absolute Gasteiger partial charge is 0.309 e. The van der Waals surface area contributed by atoms with Gasteiger partial charge < -0.3 is 4.57 Å². The summed E-state index contributed by atoms with van der Waals surface area (Å²) in [6, 6.07) is 57.1. The predicted octanol–water partition coefficient (Wildman–Crippen LogP) is 11.9. The first kappa shape index (κ1) is 26.2. The molecule has 0 atom stereocenters. The van der Waals surface area contributed by atoms with E-state index in [-0.39, 0.29) is 0 Å². The number of aromatic nitrogens is 4. The molecule has 12 rings (SSSR count). The summed E-state index contributed by atoms with van der Waals surface area (Å²) in [5.41, 5.74) is 12.0. The average molecular weight is 635 g/mol. The van der Waals surface area contributed by atoms with E-state index in [4.69, 9.17) is 9.97 Å². The van der Waals surface area contributed by atoms with E-state index < -0.39 is 0 Å². The maximum Gasteiger partial charge on any atom is 0.165 e. The molecule has 0 fully saturated rings. The molecule has 0 bridgehead atoms. The lowest BCUT2D eigenvalue weighted by Crippen LogP contribution is -1.93. The Morgan fingerprint density at radius 1 is 0.400 bits per heavy atom. The van der Waals surface area contributed by atoms with Crippen LogP contribution >= 0.6 is 0 Å². The maximum absolute atomic E-state index is 5.20. The number of hydrogen-bond acceptors (Lipinski definition) is 2. The Bertz CT molecular complexity index is 3370. The summed E-state index contributed by atoms with van der Waals surface area (Å²) in [6.45, 7) is 0. The van der Waals surface area contributed by atoms with Crippen molar-refractivity contribution in [2.24, 2.45) is 0 Å². The van der Waals surface area contributed by atoms with Crippen LogP contribution in [0.15, 0.2) is 158 Å². The van der Waals surface area contributed by atoms with Crippen molar-refractivity contribution in [3.8, 4) is 16.8 Å². The maximum atomic E-state index is 5.20. The van der Waals surface area contributed by atoms with Gasteiger partial charge in [-0.25, -0.2) is 9.97 Å². The predicted molar refractivity (Wildman–Crippen MR) is 209 cm³/mol. The summed E-state index contributed by atoms with van der Waals surface area (Å²) < 4.78 is 4.74. The minimum atomic E-state index is 0.907. The smallest absolute Gasteiger partial charge is 0.165 e. The molecule has 4 aromatic heterocycles. The molecule has 0 saturated heterocycles. The molecule has 4 nitrogen and oxygen atoms in total. The Balaban J connectivity index is 1.16. The number of hydrogen-bond donors (Lipinski definition) is 0. The number of para-hydroxylation sites is 3. The van der Waals surface area contributed by atoms with Gasteiger partial charge in [0.2, 0.25) is 0 Å². The molecule has 0 aliphatic rings. The molecule has 0 unspecified atom stereocenters. The molecule has 0 aliphatic heterocycles. The fraction of sp³-hybridized carbons (Fsp3) is 0. The van der Waals surface area contributed by atoms with Gasteiger partial charge in [-0.1, -0.05) is 91.0 Å². The van der Waals surface area contributed by atoms with E-state index in [9.17, 15) is 0 Å². The van der Waals surface area contributed by atoms with E-state index in [1.807, 2.05) is 12.1 Å². The third-order valence-corrected chi connectivity index (χ3v) is 10.8. The van der Waals surface area contributed by atoms with E-state index in [2.05, 4.69) is 155 Å². The summed E-state index contributed by atoms with van der Waals surface area (Å²) >= 11 is 0. The topological polar surface area (TPSA) is 35.1 Å². The average Bonchev–Trinajstić information content (AvgIpc) is 3.79. The van der Waals surface area contributed by atoms with Gasteiger partial charge in [-0.2, -0.15) is 0 Å². The van der Waals surface area contributed by atoms with Gasteiger partial charge in [0, 0.05) is 32.6 Å². The zero-order valence-corrected chi connectivity index (χ0v) is 26.8. The van der Waals surface area contributed by atoms with E-state index in [1.165, 1.54) is 70.8 Å². The second-order valence-electron chi connectivity index (χ2n) is 13.4. The fourth-order valence-corrected chi connectivity index (χ4v) is 8.54. The van der Waals surface area contributed by atoms with Gasteiger partial charge in [-0.3, -0.25) is 4.40 Å². The number of nitrogens with zero attached hydrogens (tertiary/aromatic N) is 4. The normalized spacial score (nSPS) is 12.4. The first-order chi connectivity index (χ1) is 24.8. The van der Waals surface area contributed by atoms with Gasteiger partial charge in [-0.05, 0) is 99.4 Å². The second-order valence-corrected chi connectivity index (χ2v) is 13.4. The van der Waals surface area contributed by atoms with Crippen LogP contribution in [0.3, 0.4) is 0 Å². The van der Waals surface area contributed by atoms with Crippen molar-refractivity contribution in [2.75, 3.05) is 0 Å². The molecule has 0 radical (unpaired) electrons. The van der Waals surface area contributed by atoms with Crippen LogP contribution in [0.25, 0.3) is 110 Å². The van der Waals surface area contributed by atoms with Crippen LogP contribution < -0.4 is 0 Å². The molecule has 0 amide bonds. The van der Waals surface area contributed by atoms with Crippen molar-refractivity contribution in [3.63, 3.8) is 0 Å². The highest BCUT2D eigenvalue weighted by Crippen LogP contribution is 2.44. The van der Waals surface area contributed by atoms with Crippen molar-refractivity contribution in [1.82, 2.24) is 18.9 Å². The third-order valence-electron chi connectivity index (χ3n) is 10.8. The van der Waals surface area contributed by atoms with Crippen LogP contribution in [0.2, 0.25) is 0 Å². The summed E-state index contributed by atoms with van der Waals surface area (Å²) in [5, 5.41) is 11.1. The highest BCUT2D eigenvalue weighted by Gasteiger charge is 2.23. The third kappa shape index (κ3) is 3.39. The van der Waals surface area contributed by atoms with Crippen LogP contribution in [0, 0.1) is 0 Å². The highest BCUT2D eigenvalue weighted by atomic mass is 15.0. The Morgan fingerprint density at radius 3 is 1.84 bits per heavy atom. The molecule has 4 heteroatoms. The van der Waals surface area contributed by atoms with Crippen molar-refractivity contribution in [2.45, 2.75) is 0 Å². The van der Waals surface area contributed by atoms with Gasteiger partial charge in [0.25, 0.3) is 0 Å². The lowest BCUT2D eigenvalue weighted by atomic mass is 9.97. The summed E-state index contributed by atoms with van der Waals surface area (Å²) in [7, 11) is 0. The fourth-order valence-electron chi connectivity index (χ4n) is 8.54. The Hall–Kier alpha value is -6.78. The number of fused-ring (bicyclic) bond motifs is 13. The number of rotatable bonds is 2. The molecule has 230 valence electrons. The molecule has 4 heterocycles. The van der Waals surface area contributed by atoms with E-state index in [0.717, 1.165) is 38.8 Å². The summed E-state index contributed by atoms with van der Waals surface area (Å²) in [5.74, 6) is 0. The zero-order valence-electron chi connectivity index (χ0n) is 26.8. The Morgan fingerprint density at radius 2 is 1.02 bits per heavy atom. The molecule has 0 saturated carbocycles. The molecule has 8 aromatic carbocycles. The van der Waals surface area contributed by atoms with Crippen molar-refractivity contribution < 1.29 is 0 Å². The SMILES string of the molecule is c1ccc(-n2c3ccc(-c4ccc5c(c4)c4c6ccccc6cc6c7nc8ccccc8nc7n5c64)cc3c3cc4ccccc4cc32)cc1. The van der Waals surface area contributed by atoms with Crippen LogP contribution in [-0.2, 0) is 0 Å². The van der Waals surface area contributed by atoms with Gasteiger partial charge in [-0.15, -0.1) is 0 Å². The monoisotopic (exact) mass is 634 g/mol. The van der Waals surface area contributed by atoms with Crippen molar-refractivity contribution >= 4 is 92.7 Å². The first-order valence-corrected chi connectivity index (χ1v) is 17.1. The molecule has 12 aromatic rings. The molecule has 0 spiro atoms. The lowest BCUT2D eigenvalue weighted by molar-refractivity contribution is 1.18. The van der Waals surface area contributed by atoms with Crippen LogP contribution in [0.5, 0.6) is 0 Å². The van der Waals surface area contributed by atoms with Gasteiger partial charge in [0.05, 0.1) is 33.1 Å². The van der Waals surface area contributed by atoms with Gasteiger partial charge >= 0.3 is 0 Å². The minimum absolute atomic E-state index is 0.907. The summed E-state index contributed by atoms with van der Waals surface area (Å²) in [6.07, 6.45) is 0. The van der Waals surface area contributed by atoms with Gasteiger partial charge in [0.15, 0.2) is 5.65 Å². The molecule has 50 heavy (non-hydrogen) atoms. The standard InChI is InChI=1S/C46H26N4/c1-2-13-32(14-3-1)49-40-20-18-29(23-34(40)35-22-27-10-4-5-11-28(27)26-42(35)49)30-19-21-41-36(24-30)43-33-15-7-6-12-31(33)25-37-44-46(50(41)45(37)43)48-39-17-9-8-16-38(39)47-44/h1-26H. The summed E-state index contributed by atoms with van der Waals surface area (Å²) in [4.78, 5) is 10.4. The van der Waals surface area contributed by atoms with Crippen molar-refractivity contribution in [1.29, 1.82) is 0 Å². The molecular weight excluding hydrogens is 609 g/mol. The quantitative estimate of drug-likeness (QED) is 0.190. The Labute approximate surface area is 285 Å². The molecule has 0 N–H and O–H groups in total.